The van der Waals surface area contributed by atoms with Crippen molar-refractivity contribution in [2.24, 2.45) is 5.92 Å². The highest BCUT2D eigenvalue weighted by atomic mass is 16.5. The molecule has 1 rings (SSSR count). The Hall–Kier alpha value is -1.10. The number of hydrogen-bond acceptors (Lipinski definition) is 3. The largest absolute Gasteiger partial charge is 0.481 e. The van der Waals surface area contributed by atoms with Crippen molar-refractivity contribution < 1.29 is 19.4 Å². The minimum atomic E-state index is -0.891. The monoisotopic (exact) mass is 217 g/mol. The zero-order chi connectivity index (χ0) is 10.6. The molecule has 0 saturated carbocycles. The first-order valence-electron chi connectivity index (χ1n) is 4.73. The van der Waals surface area contributed by atoms with E-state index >= 15 is 0 Å². The average Bonchev–Trinajstić information content (AvgIpc) is 2.49. The van der Waals surface area contributed by atoms with Crippen LogP contribution >= 0.6 is 0 Å². The molecule has 88 valence electrons. The molecule has 5 heteroatoms. The van der Waals surface area contributed by atoms with Gasteiger partial charge < -0.3 is 14.7 Å². The summed E-state index contributed by atoms with van der Waals surface area (Å²) in [5.41, 5.74) is 0. The van der Waals surface area contributed by atoms with E-state index in [2.05, 4.69) is 0 Å². The van der Waals surface area contributed by atoms with Crippen molar-refractivity contribution in [3.8, 4) is 0 Å². The summed E-state index contributed by atoms with van der Waals surface area (Å²) in [4.78, 5) is 23.5. The number of aliphatic carboxylic acids is 1. The van der Waals surface area contributed by atoms with Crippen LogP contribution in [0, 0.1) is 5.92 Å². The van der Waals surface area contributed by atoms with Crippen LogP contribution in [0.2, 0.25) is 0 Å². The van der Waals surface area contributed by atoms with E-state index < -0.39 is 11.9 Å². The smallest absolute Gasteiger partial charge is 0.308 e. The lowest BCUT2D eigenvalue weighted by Gasteiger charge is -2.15. The number of rotatable bonds is 5. The summed E-state index contributed by atoms with van der Waals surface area (Å²) >= 11 is 0. The molecule has 1 atom stereocenters. The molecule has 1 aliphatic heterocycles. The zero-order valence-corrected chi connectivity index (χ0v) is 8.23. The van der Waals surface area contributed by atoms with E-state index in [0.717, 1.165) is 0 Å². The van der Waals surface area contributed by atoms with E-state index in [1.165, 1.54) is 0 Å². The van der Waals surface area contributed by atoms with Gasteiger partial charge in [0.05, 0.1) is 12.5 Å². The Morgan fingerprint density at radius 1 is 1.67 bits per heavy atom. The van der Waals surface area contributed by atoms with E-state index in [4.69, 9.17) is 9.84 Å². The van der Waals surface area contributed by atoms with Gasteiger partial charge >= 0.3 is 5.97 Å². The van der Waals surface area contributed by atoms with E-state index in [1.807, 2.05) is 6.92 Å². The maximum atomic E-state index is 11.3. The Kier molecular flexibility index (Phi) is 5.93. The Labute approximate surface area is 90.0 Å². The lowest BCUT2D eigenvalue weighted by atomic mass is 10.1. The summed E-state index contributed by atoms with van der Waals surface area (Å²) in [6.07, 6.45) is 0.126. The van der Waals surface area contributed by atoms with Gasteiger partial charge in [-0.3, -0.25) is 9.59 Å². The van der Waals surface area contributed by atoms with Gasteiger partial charge in [0.25, 0.3) is 0 Å². The van der Waals surface area contributed by atoms with Gasteiger partial charge in [0, 0.05) is 26.1 Å². The lowest BCUT2D eigenvalue weighted by molar-refractivity contribution is -0.141. The standard InChI is InChI=1S/C9H15NO4.CH4/c1-2-14-4-3-10-6-7(9(12)13)5-8(10)11;/h7H,2-6H2,1H3,(H,12,13);1H4. The Balaban J connectivity index is 0.00000196. The minimum absolute atomic E-state index is 0. The van der Waals surface area contributed by atoms with Crippen molar-refractivity contribution in [1.82, 2.24) is 4.90 Å². The van der Waals surface area contributed by atoms with Crippen LogP contribution in [0.5, 0.6) is 0 Å². The fraction of sp³-hybridized carbons (Fsp3) is 0.800. The zero-order valence-electron chi connectivity index (χ0n) is 8.23. The first kappa shape index (κ1) is 13.9. The molecule has 0 aliphatic carbocycles. The molecule has 0 bridgehead atoms. The number of amides is 1. The van der Waals surface area contributed by atoms with E-state index in [0.29, 0.717) is 26.3 Å². The average molecular weight is 217 g/mol. The Bertz CT molecular complexity index is 229. The summed E-state index contributed by atoms with van der Waals surface area (Å²) in [6.45, 7) is 3.79. The van der Waals surface area contributed by atoms with E-state index in [1.54, 1.807) is 4.90 Å². The third kappa shape index (κ3) is 3.87. The van der Waals surface area contributed by atoms with Crippen LogP contribution in [-0.2, 0) is 14.3 Å². The number of likely N-dealkylation sites (tertiary alicyclic amines) is 1. The second-order valence-corrected chi connectivity index (χ2v) is 3.28. The Morgan fingerprint density at radius 3 is 2.80 bits per heavy atom. The molecule has 1 N–H and O–H groups in total. The lowest BCUT2D eigenvalue weighted by Crippen LogP contribution is -2.29. The van der Waals surface area contributed by atoms with Gasteiger partial charge in [0.2, 0.25) is 5.91 Å². The molecule has 0 aromatic rings. The number of carboxylic acid groups (broad SMARTS) is 1. The number of hydrogen-bond donors (Lipinski definition) is 1. The number of ether oxygens (including phenoxy) is 1. The molecule has 0 aromatic carbocycles. The quantitative estimate of drug-likeness (QED) is 0.684. The molecular weight excluding hydrogens is 198 g/mol. The number of nitrogens with zero attached hydrogens (tertiary/aromatic N) is 1. The van der Waals surface area contributed by atoms with Gasteiger partial charge in [-0.2, -0.15) is 0 Å². The van der Waals surface area contributed by atoms with Crippen molar-refractivity contribution >= 4 is 11.9 Å². The molecule has 1 fully saturated rings. The van der Waals surface area contributed by atoms with Crippen LogP contribution in [0.4, 0.5) is 0 Å². The summed E-state index contributed by atoms with van der Waals surface area (Å²) in [5, 5.41) is 8.71. The molecule has 0 spiro atoms. The van der Waals surface area contributed by atoms with Gasteiger partial charge in [-0.1, -0.05) is 7.43 Å². The summed E-state index contributed by atoms with van der Waals surface area (Å²) in [6, 6.07) is 0. The molecule has 1 unspecified atom stereocenters. The molecule has 1 amide bonds. The molecule has 0 radical (unpaired) electrons. The highest BCUT2D eigenvalue weighted by Crippen LogP contribution is 2.17. The highest BCUT2D eigenvalue weighted by Gasteiger charge is 2.33. The molecule has 1 saturated heterocycles. The van der Waals surface area contributed by atoms with Crippen LogP contribution in [-0.4, -0.2) is 48.2 Å². The summed E-state index contributed by atoms with van der Waals surface area (Å²) in [7, 11) is 0. The number of carboxylic acids is 1. The second-order valence-electron chi connectivity index (χ2n) is 3.28. The normalized spacial score (nSPS) is 20.2. The van der Waals surface area contributed by atoms with E-state index in [-0.39, 0.29) is 19.8 Å². The third-order valence-electron chi connectivity index (χ3n) is 2.27. The van der Waals surface area contributed by atoms with Crippen molar-refractivity contribution in [2.45, 2.75) is 20.8 Å². The van der Waals surface area contributed by atoms with Crippen LogP contribution in [0.15, 0.2) is 0 Å². The first-order chi connectivity index (χ1) is 6.65. The van der Waals surface area contributed by atoms with Crippen LogP contribution in [0.3, 0.4) is 0 Å². The van der Waals surface area contributed by atoms with Crippen molar-refractivity contribution in [3.05, 3.63) is 0 Å². The summed E-state index contributed by atoms with van der Waals surface area (Å²) < 4.78 is 5.10. The van der Waals surface area contributed by atoms with Gasteiger partial charge in [0.15, 0.2) is 0 Å². The number of carbonyl (C=O) groups excluding carboxylic acids is 1. The molecule has 1 heterocycles. The fourth-order valence-electron chi connectivity index (χ4n) is 1.47. The van der Waals surface area contributed by atoms with Gasteiger partial charge in [0.1, 0.15) is 0 Å². The van der Waals surface area contributed by atoms with E-state index in [9.17, 15) is 9.59 Å². The van der Waals surface area contributed by atoms with Gasteiger partial charge in [-0.05, 0) is 6.92 Å². The third-order valence-corrected chi connectivity index (χ3v) is 2.27. The van der Waals surface area contributed by atoms with Crippen LogP contribution in [0.25, 0.3) is 0 Å². The van der Waals surface area contributed by atoms with Crippen LogP contribution < -0.4 is 0 Å². The fourth-order valence-corrected chi connectivity index (χ4v) is 1.47. The molecule has 1 aliphatic rings. The molecular formula is C10H19NO4. The summed E-state index contributed by atoms with van der Waals surface area (Å²) in [5.74, 6) is -1.52. The molecule has 5 nitrogen and oxygen atoms in total. The topological polar surface area (TPSA) is 66.8 Å². The predicted octanol–water partition coefficient (Wildman–Crippen LogP) is 0.592. The van der Waals surface area contributed by atoms with Crippen molar-refractivity contribution in [3.63, 3.8) is 0 Å². The van der Waals surface area contributed by atoms with Gasteiger partial charge in [-0.25, -0.2) is 0 Å². The maximum Gasteiger partial charge on any atom is 0.308 e. The molecule has 0 aromatic heterocycles. The van der Waals surface area contributed by atoms with Crippen molar-refractivity contribution in [2.75, 3.05) is 26.3 Å². The minimum Gasteiger partial charge on any atom is -0.481 e. The second kappa shape index (κ2) is 6.40. The van der Waals surface area contributed by atoms with Gasteiger partial charge in [-0.15, -0.1) is 0 Å². The predicted molar refractivity (Wildman–Crippen MR) is 55.5 cm³/mol. The maximum absolute atomic E-state index is 11.3. The highest BCUT2D eigenvalue weighted by molar-refractivity contribution is 5.86. The van der Waals surface area contributed by atoms with Crippen LogP contribution in [0.1, 0.15) is 20.8 Å². The van der Waals surface area contributed by atoms with Crippen molar-refractivity contribution in [1.29, 1.82) is 0 Å². The first-order valence-corrected chi connectivity index (χ1v) is 4.73. The molecule has 15 heavy (non-hydrogen) atoms. The number of carbonyl (C=O) groups is 2. The SMILES string of the molecule is C.CCOCCN1CC(C(=O)O)CC1=O. The Morgan fingerprint density at radius 2 is 2.33 bits per heavy atom.